The second-order valence-corrected chi connectivity index (χ2v) is 5.22. The molecule has 0 atom stereocenters. The normalized spacial score (nSPS) is 10.4. The van der Waals surface area contributed by atoms with Gasteiger partial charge in [0.25, 0.3) is 0 Å². The van der Waals surface area contributed by atoms with Crippen LogP contribution in [-0.2, 0) is 16.1 Å². The van der Waals surface area contributed by atoms with Crippen molar-refractivity contribution in [2.24, 2.45) is 5.10 Å². The fourth-order valence-electron chi connectivity index (χ4n) is 1.77. The van der Waals surface area contributed by atoms with E-state index in [9.17, 15) is 9.59 Å². The highest BCUT2D eigenvalue weighted by Gasteiger charge is 2.11. The van der Waals surface area contributed by atoms with E-state index in [2.05, 4.69) is 15.8 Å². The van der Waals surface area contributed by atoms with Gasteiger partial charge in [-0.15, -0.1) is 0 Å². The topological polar surface area (TPSA) is 79.8 Å². The molecule has 0 radical (unpaired) electrons. The second kappa shape index (κ2) is 8.69. The van der Waals surface area contributed by atoms with Crippen molar-refractivity contribution < 1.29 is 14.3 Å². The molecule has 0 spiro atoms. The van der Waals surface area contributed by atoms with Gasteiger partial charge in [-0.3, -0.25) is 9.59 Å². The molecule has 0 aliphatic rings. The number of nitrogens with one attached hydrogen (secondary N) is 2. The van der Waals surface area contributed by atoms with E-state index in [1.165, 1.54) is 6.21 Å². The van der Waals surface area contributed by atoms with Crippen LogP contribution in [0.1, 0.15) is 11.1 Å². The van der Waals surface area contributed by atoms with Crippen molar-refractivity contribution in [2.75, 3.05) is 7.11 Å². The molecule has 2 N–H and O–H groups in total. The second-order valence-electron chi connectivity index (χ2n) is 4.78. The van der Waals surface area contributed by atoms with Gasteiger partial charge in [0.2, 0.25) is 0 Å². The zero-order valence-electron chi connectivity index (χ0n) is 13.0. The fraction of sp³-hybridized carbons (Fsp3) is 0.118. The molecule has 0 aliphatic carbocycles. The van der Waals surface area contributed by atoms with Crippen molar-refractivity contribution in [3.05, 3.63) is 64.7 Å². The minimum atomic E-state index is -0.839. The van der Waals surface area contributed by atoms with Crippen LogP contribution < -0.4 is 15.5 Å². The fourth-order valence-corrected chi connectivity index (χ4v) is 1.90. The summed E-state index contributed by atoms with van der Waals surface area (Å²) < 4.78 is 5.04. The summed E-state index contributed by atoms with van der Waals surface area (Å²) in [6, 6.07) is 14.0. The molecular weight excluding hydrogens is 330 g/mol. The Morgan fingerprint density at radius 1 is 1.08 bits per heavy atom. The molecule has 0 aromatic heterocycles. The van der Waals surface area contributed by atoms with E-state index in [0.717, 1.165) is 16.9 Å². The van der Waals surface area contributed by atoms with Crippen molar-refractivity contribution in [1.82, 2.24) is 10.7 Å². The number of halogens is 1. The number of amides is 2. The SMILES string of the molecule is COc1ccc(C=NNC(=O)C(=O)NCc2ccc(Cl)cc2)cc1. The summed E-state index contributed by atoms with van der Waals surface area (Å²) >= 11 is 5.78. The Morgan fingerprint density at radius 3 is 2.38 bits per heavy atom. The third kappa shape index (κ3) is 5.40. The molecule has 2 rings (SSSR count). The van der Waals surface area contributed by atoms with Crippen LogP contribution in [0.5, 0.6) is 5.75 Å². The lowest BCUT2D eigenvalue weighted by Gasteiger charge is -2.04. The van der Waals surface area contributed by atoms with Crippen molar-refractivity contribution in [3.8, 4) is 5.75 Å². The number of ether oxygens (including phenoxy) is 1. The number of rotatable bonds is 5. The Morgan fingerprint density at radius 2 is 1.75 bits per heavy atom. The van der Waals surface area contributed by atoms with E-state index < -0.39 is 11.8 Å². The van der Waals surface area contributed by atoms with E-state index in [4.69, 9.17) is 16.3 Å². The Labute approximate surface area is 144 Å². The molecule has 2 amide bonds. The molecule has 0 fully saturated rings. The van der Waals surface area contributed by atoms with E-state index in [-0.39, 0.29) is 6.54 Å². The van der Waals surface area contributed by atoms with Gasteiger partial charge in [0, 0.05) is 11.6 Å². The van der Waals surface area contributed by atoms with Gasteiger partial charge in [0.05, 0.1) is 13.3 Å². The number of carbonyl (C=O) groups is 2. The molecule has 7 heteroatoms. The van der Waals surface area contributed by atoms with Crippen LogP contribution in [0, 0.1) is 0 Å². The molecule has 2 aromatic rings. The number of methoxy groups -OCH3 is 1. The lowest BCUT2D eigenvalue weighted by molar-refractivity contribution is -0.139. The summed E-state index contributed by atoms with van der Waals surface area (Å²) in [5.41, 5.74) is 3.77. The maximum Gasteiger partial charge on any atom is 0.329 e. The molecule has 124 valence electrons. The van der Waals surface area contributed by atoms with Crippen molar-refractivity contribution in [1.29, 1.82) is 0 Å². The minimum Gasteiger partial charge on any atom is -0.497 e. The maximum absolute atomic E-state index is 11.7. The van der Waals surface area contributed by atoms with Gasteiger partial charge in [-0.25, -0.2) is 5.43 Å². The lowest BCUT2D eigenvalue weighted by atomic mass is 10.2. The smallest absolute Gasteiger partial charge is 0.329 e. The predicted octanol–water partition coefficient (Wildman–Crippen LogP) is 2.12. The molecule has 6 nitrogen and oxygen atoms in total. The zero-order chi connectivity index (χ0) is 17.4. The van der Waals surface area contributed by atoms with Crippen molar-refractivity contribution >= 4 is 29.6 Å². The number of hydrogen-bond donors (Lipinski definition) is 2. The number of benzene rings is 2. The van der Waals surface area contributed by atoms with Crippen LogP contribution in [-0.4, -0.2) is 25.1 Å². The number of hydrazone groups is 1. The zero-order valence-corrected chi connectivity index (χ0v) is 13.7. The molecule has 0 aliphatic heterocycles. The first-order valence-electron chi connectivity index (χ1n) is 7.08. The van der Waals surface area contributed by atoms with Gasteiger partial charge >= 0.3 is 11.8 Å². The van der Waals surface area contributed by atoms with Gasteiger partial charge in [-0.1, -0.05) is 23.7 Å². The van der Waals surface area contributed by atoms with Crippen molar-refractivity contribution in [2.45, 2.75) is 6.54 Å². The van der Waals surface area contributed by atoms with Crippen molar-refractivity contribution in [3.63, 3.8) is 0 Å². The first-order chi connectivity index (χ1) is 11.6. The van der Waals surface area contributed by atoms with Crippen LogP contribution in [0.15, 0.2) is 53.6 Å². The van der Waals surface area contributed by atoms with Crippen LogP contribution in [0.25, 0.3) is 0 Å². The van der Waals surface area contributed by atoms with Crippen LogP contribution in [0.2, 0.25) is 5.02 Å². The number of hydrogen-bond acceptors (Lipinski definition) is 4. The molecule has 0 saturated heterocycles. The van der Waals surface area contributed by atoms with E-state index >= 15 is 0 Å². The molecular formula is C17H16ClN3O3. The third-order valence-electron chi connectivity index (χ3n) is 3.07. The Kier molecular flexibility index (Phi) is 6.33. The summed E-state index contributed by atoms with van der Waals surface area (Å²) in [4.78, 5) is 23.3. The summed E-state index contributed by atoms with van der Waals surface area (Å²) in [6.45, 7) is 0.228. The molecule has 0 bridgehead atoms. The molecule has 24 heavy (non-hydrogen) atoms. The summed E-state index contributed by atoms with van der Waals surface area (Å²) in [6.07, 6.45) is 1.43. The quantitative estimate of drug-likeness (QED) is 0.495. The number of carbonyl (C=O) groups excluding carboxylic acids is 2. The van der Waals surface area contributed by atoms with Crippen LogP contribution in [0.4, 0.5) is 0 Å². The third-order valence-corrected chi connectivity index (χ3v) is 3.32. The standard InChI is InChI=1S/C17H16ClN3O3/c1-24-15-8-4-13(5-9-15)11-20-21-17(23)16(22)19-10-12-2-6-14(18)7-3-12/h2-9,11H,10H2,1H3,(H,19,22)(H,21,23). The Hall–Kier alpha value is -2.86. The average Bonchev–Trinajstić information content (AvgIpc) is 2.61. The highest BCUT2D eigenvalue weighted by atomic mass is 35.5. The molecule has 0 saturated carbocycles. The highest BCUT2D eigenvalue weighted by molar-refractivity contribution is 6.35. The van der Waals surface area contributed by atoms with Gasteiger partial charge in [0.1, 0.15) is 5.75 Å². The summed E-state index contributed by atoms with van der Waals surface area (Å²) in [5, 5.41) is 6.85. The van der Waals surface area contributed by atoms with E-state index in [1.807, 2.05) is 0 Å². The Balaban J connectivity index is 1.79. The Bertz CT molecular complexity index is 728. The molecule has 2 aromatic carbocycles. The van der Waals surface area contributed by atoms with Gasteiger partial charge in [0.15, 0.2) is 0 Å². The van der Waals surface area contributed by atoms with Gasteiger partial charge < -0.3 is 10.1 Å². The minimum absolute atomic E-state index is 0.228. The molecule has 0 heterocycles. The van der Waals surface area contributed by atoms with Crippen LogP contribution in [0.3, 0.4) is 0 Å². The highest BCUT2D eigenvalue weighted by Crippen LogP contribution is 2.10. The summed E-state index contributed by atoms with van der Waals surface area (Å²) in [7, 11) is 1.58. The molecule has 0 unspecified atom stereocenters. The average molecular weight is 346 g/mol. The largest absolute Gasteiger partial charge is 0.497 e. The number of nitrogens with zero attached hydrogens (tertiary/aromatic N) is 1. The first kappa shape index (κ1) is 17.5. The maximum atomic E-state index is 11.7. The monoisotopic (exact) mass is 345 g/mol. The van der Waals surface area contributed by atoms with Crippen LogP contribution >= 0.6 is 11.6 Å². The lowest BCUT2D eigenvalue weighted by Crippen LogP contribution is -2.37. The summed E-state index contributed by atoms with van der Waals surface area (Å²) in [5.74, 6) is -0.886. The van der Waals surface area contributed by atoms with E-state index in [1.54, 1.807) is 55.6 Å². The first-order valence-corrected chi connectivity index (χ1v) is 7.46. The van der Waals surface area contributed by atoms with Gasteiger partial charge in [-0.05, 0) is 47.5 Å². The van der Waals surface area contributed by atoms with Gasteiger partial charge in [-0.2, -0.15) is 5.10 Å². The predicted molar refractivity (Wildman–Crippen MR) is 92.0 cm³/mol. The van der Waals surface area contributed by atoms with E-state index in [0.29, 0.717) is 5.02 Å².